The molecule has 0 saturated carbocycles. The molecule has 1 heterocycles. The molecule has 0 aliphatic heterocycles. The van der Waals surface area contributed by atoms with Crippen molar-refractivity contribution in [3.8, 4) is 5.88 Å². The second-order valence-electron chi connectivity index (χ2n) is 2.97. The minimum atomic E-state index is 0. The summed E-state index contributed by atoms with van der Waals surface area (Å²) >= 11 is 0. The Balaban J connectivity index is 0. The largest absolute Gasteiger partial charge is 0.475 e. The Kier molecular flexibility index (Phi) is 8.01. The van der Waals surface area contributed by atoms with Crippen LogP contribution >= 0.6 is 24.8 Å². The van der Waals surface area contributed by atoms with Gasteiger partial charge in [0.25, 0.3) is 0 Å². The highest BCUT2D eigenvalue weighted by atomic mass is 35.5. The van der Waals surface area contributed by atoms with E-state index in [4.69, 9.17) is 15.9 Å². The number of hydrogen-bond acceptors (Lipinski definition) is 3. The molecule has 0 amide bonds. The first-order valence-electron chi connectivity index (χ1n) is 4.06. The second kappa shape index (κ2) is 7.31. The van der Waals surface area contributed by atoms with Crippen molar-refractivity contribution in [2.45, 2.75) is 20.0 Å². The van der Waals surface area contributed by atoms with Crippen LogP contribution in [0.1, 0.15) is 19.4 Å². The van der Waals surface area contributed by atoms with E-state index in [0.29, 0.717) is 11.4 Å². The minimum absolute atomic E-state index is 0. The molecule has 0 unspecified atom stereocenters. The molecule has 0 atom stereocenters. The van der Waals surface area contributed by atoms with Gasteiger partial charge in [0.1, 0.15) is 5.84 Å². The third kappa shape index (κ3) is 5.44. The Labute approximate surface area is 102 Å². The number of rotatable bonds is 3. The lowest BCUT2D eigenvalue weighted by molar-refractivity contribution is 0.232. The van der Waals surface area contributed by atoms with E-state index in [1.54, 1.807) is 12.1 Å². The van der Waals surface area contributed by atoms with Crippen LogP contribution in [0.3, 0.4) is 0 Å². The number of aromatic nitrogens is 1. The minimum Gasteiger partial charge on any atom is -0.475 e. The van der Waals surface area contributed by atoms with Crippen LogP contribution in [0.2, 0.25) is 0 Å². The number of pyridine rings is 1. The van der Waals surface area contributed by atoms with E-state index >= 15 is 0 Å². The molecule has 0 saturated heterocycles. The normalized spacial score (nSPS) is 8.73. The molecule has 3 N–H and O–H groups in total. The van der Waals surface area contributed by atoms with Crippen LogP contribution in [0.15, 0.2) is 18.3 Å². The number of nitrogens with zero attached hydrogens (tertiary/aromatic N) is 1. The van der Waals surface area contributed by atoms with Gasteiger partial charge in [0.05, 0.1) is 6.10 Å². The Bertz CT molecular complexity index is 301. The van der Waals surface area contributed by atoms with Gasteiger partial charge >= 0.3 is 0 Å². The van der Waals surface area contributed by atoms with Crippen molar-refractivity contribution >= 4 is 30.6 Å². The summed E-state index contributed by atoms with van der Waals surface area (Å²) in [6.45, 7) is 3.86. The lowest BCUT2D eigenvalue weighted by Crippen LogP contribution is -2.12. The standard InChI is InChI=1S/C9H13N3O.2ClH/c1-6(2)13-8-4-3-7(5-12-8)9(10)11;;/h3-6H,1-2H3,(H3,10,11);2*1H. The molecule has 0 bridgehead atoms. The van der Waals surface area contributed by atoms with Crippen LogP contribution in [-0.4, -0.2) is 16.9 Å². The van der Waals surface area contributed by atoms with Gasteiger partial charge in [0, 0.05) is 17.8 Å². The second-order valence-corrected chi connectivity index (χ2v) is 2.97. The Morgan fingerprint density at radius 2 is 2.00 bits per heavy atom. The molecule has 86 valence electrons. The Morgan fingerprint density at radius 3 is 2.33 bits per heavy atom. The lowest BCUT2D eigenvalue weighted by atomic mass is 10.3. The van der Waals surface area contributed by atoms with Gasteiger partial charge in [-0.25, -0.2) is 4.98 Å². The summed E-state index contributed by atoms with van der Waals surface area (Å²) in [6, 6.07) is 3.42. The third-order valence-corrected chi connectivity index (χ3v) is 1.40. The van der Waals surface area contributed by atoms with E-state index in [9.17, 15) is 0 Å². The average Bonchev–Trinajstić information content (AvgIpc) is 2.04. The SMILES string of the molecule is CC(C)Oc1ccc(C(=N)N)cn1.Cl.Cl. The zero-order chi connectivity index (χ0) is 9.84. The van der Waals surface area contributed by atoms with Crippen LogP contribution < -0.4 is 10.5 Å². The molecule has 1 rings (SSSR count). The van der Waals surface area contributed by atoms with E-state index in [1.807, 2.05) is 13.8 Å². The first kappa shape index (κ1) is 16.4. The molecule has 6 heteroatoms. The molecule has 15 heavy (non-hydrogen) atoms. The quantitative estimate of drug-likeness (QED) is 0.638. The van der Waals surface area contributed by atoms with Crippen molar-refractivity contribution in [3.63, 3.8) is 0 Å². The number of nitrogens with one attached hydrogen (secondary N) is 1. The summed E-state index contributed by atoms with van der Waals surface area (Å²) in [5.41, 5.74) is 5.88. The Hall–Kier alpha value is -1.000. The first-order chi connectivity index (χ1) is 6.09. The lowest BCUT2D eigenvalue weighted by Gasteiger charge is -2.08. The van der Waals surface area contributed by atoms with Crippen molar-refractivity contribution in [3.05, 3.63) is 23.9 Å². The smallest absolute Gasteiger partial charge is 0.213 e. The number of nitrogen functional groups attached to an aromatic ring is 1. The number of nitrogens with two attached hydrogens (primary N) is 1. The number of ether oxygens (including phenoxy) is 1. The average molecular weight is 252 g/mol. The van der Waals surface area contributed by atoms with E-state index in [2.05, 4.69) is 4.98 Å². The maximum absolute atomic E-state index is 7.14. The van der Waals surface area contributed by atoms with E-state index in [0.717, 1.165) is 0 Å². The van der Waals surface area contributed by atoms with Gasteiger partial charge < -0.3 is 10.5 Å². The number of amidine groups is 1. The maximum Gasteiger partial charge on any atom is 0.213 e. The van der Waals surface area contributed by atoms with Crippen LogP contribution in [0.5, 0.6) is 5.88 Å². The molecular weight excluding hydrogens is 237 g/mol. The molecular formula is C9H15Cl2N3O. The predicted octanol–water partition coefficient (Wildman–Crippen LogP) is 2.00. The Morgan fingerprint density at radius 1 is 1.40 bits per heavy atom. The molecule has 0 spiro atoms. The van der Waals surface area contributed by atoms with Gasteiger partial charge in [-0.15, -0.1) is 24.8 Å². The van der Waals surface area contributed by atoms with Crippen LogP contribution in [0, 0.1) is 5.41 Å². The monoisotopic (exact) mass is 251 g/mol. The summed E-state index contributed by atoms with van der Waals surface area (Å²) in [4.78, 5) is 4.00. The number of hydrogen-bond donors (Lipinski definition) is 2. The van der Waals surface area contributed by atoms with Gasteiger partial charge in [-0.1, -0.05) is 0 Å². The maximum atomic E-state index is 7.14. The predicted molar refractivity (Wildman–Crippen MR) is 65.5 cm³/mol. The summed E-state index contributed by atoms with van der Waals surface area (Å²) in [5, 5.41) is 7.14. The molecule has 0 fully saturated rings. The summed E-state index contributed by atoms with van der Waals surface area (Å²) in [7, 11) is 0. The molecule has 0 aliphatic carbocycles. The van der Waals surface area contributed by atoms with Crippen molar-refractivity contribution in [2.24, 2.45) is 5.73 Å². The van der Waals surface area contributed by atoms with Crippen molar-refractivity contribution in [1.82, 2.24) is 4.98 Å². The van der Waals surface area contributed by atoms with Crippen molar-refractivity contribution in [2.75, 3.05) is 0 Å². The van der Waals surface area contributed by atoms with E-state index in [1.165, 1.54) is 6.20 Å². The van der Waals surface area contributed by atoms with Crippen LogP contribution in [-0.2, 0) is 0 Å². The molecule has 4 nitrogen and oxygen atoms in total. The molecule has 1 aromatic rings. The highest BCUT2D eigenvalue weighted by Crippen LogP contribution is 2.08. The zero-order valence-electron chi connectivity index (χ0n) is 8.56. The van der Waals surface area contributed by atoms with Crippen molar-refractivity contribution in [1.29, 1.82) is 5.41 Å². The van der Waals surface area contributed by atoms with Crippen molar-refractivity contribution < 1.29 is 4.74 Å². The number of halogens is 2. The molecule has 0 aromatic carbocycles. The van der Waals surface area contributed by atoms with Gasteiger partial charge in [-0.05, 0) is 19.9 Å². The van der Waals surface area contributed by atoms with Gasteiger partial charge in [0.2, 0.25) is 5.88 Å². The fourth-order valence-electron chi connectivity index (χ4n) is 0.851. The summed E-state index contributed by atoms with van der Waals surface area (Å²) in [5.74, 6) is 0.573. The molecule has 0 radical (unpaired) electrons. The first-order valence-corrected chi connectivity index (χ1v) is 4.06. The van der Waals surface area contributed by atoms with Gasteiger partial charge in [0.15, 0.2) is 0 Å². The molecule has 1 aromatic heterocycles. The zero-order valence-corrected chi connectivity index (χ0v) is 10.2. The van der Waals surface area contributed by atoms with Crippen LogP contribution in [0.4, 0.5) is 0 Å². The fourth-order valence-corrected chi connectivity index (χ4v) is 0.851. The van der Waals surface area contributed by atoms with E-state index in [-0.39, 0.29) is 36.8 Å². The summed E-state index contributed by atoms with van der Waals surface area (Å²) in [6.07, 6.45) is 1.63. The topological polar surface area (TPSA) is 72.0 Å². The van der Waals surface area contributed by atoms with Gasteiger partial charge in [-0.2, -0.15) is 0 Å². The highest BCUT2D eigenvalue weighted by Gasteiger charge is 2.00. The molecule has 0 aliphatic rings. The van der Waals surface area contributed by atoms with E-state index < -0.39 is 0 Å². The van der Waals surface area contributed by atoms with Gasteiger partial charge in [-0.3, -0.25) is 5.41 Å². The fraction of sp³-hybridized carbons (Fsp3) is 0.333. The third-order valence-electron chi connectivity index (χ3n) is 1.40. The van der Waals surface area contributed by atoms with Crippen LogP contribution in [0.25, 0.3) is 0 Å². The summed E-state index contributed by atoms with van der Waals surface area (Å²) < 4.78 is 5.33. The highest BCUT2D eigenvalue weighted by molar-refractivity contribution is 5.94.